The first-order chi connectivity index (χ1) is 23.7. The van der Waals surface area contributed by atoms with Crippen LogP contribution in [0.3, 0.4) is 0 Å². The third-order valence-electron chi connectivity index (χ3n) is 7.95. The molecule has 3 amide bonds. The summed E-state index contributed by atoms with van der Waals surface area (Å²) in [6.45, 7) is 7.91. The van der Waals surface area contributed by atoms with Crippen molar-refractivity contribution in [3.8, 4) is 5.69 Å². The Morgan fingerprint density at radius 2 is 1.64 bits per heavy atom. The fraction of sp³-hybridized carbons (Fsp3) is 0.333. The molecule has 4 aromatic rings. The number of alkyl carbamates (subject to hydrolysis) is 1. The van der Waals surface area contributed by atoms with E-state index in [1.807, 2.05) is 30.3 Å². The van der Waals surface area contributed by atoms with Crippen LogP contribution in [0, 0.1) is 5.82 Å². The Labute approximate surface area is 286 Å². The van der Waals surface area contributed by atoms with Gasteiger partial charge in [-0.3, -0.25) is 14.5 Å². The second-order valence-electron chi connectivity index (χ2n) is 12.7. The molecular formula is C36H38F4N6O4. The zero-order chi connectivity index (χ0) is 36.2. The molecule has 0 saturated carbocycles. The molecule has 1 aliphatic heterocycles. The van der Waals surface area contributed by atoms with Crippen LogP contribution in [0.4, 0.5) is 28.2 Å². The molecule has 0 aliphatic carbocycles. The van der Waals surface area contributed by atoms with Gasteiger partial charge >= 0.3 is 12.3 Å². The molecule has 10 nitrogen and oxygen atoms in total. The van der Waals surface area contributed by atoms with Gasteiger partial charge in [-0.05, 0) is 75.7 Å². The summed E-state index contributed by atoms with van der Waals surface area (Å²) in [5.74, 6) is -2.40. The van der Waals surface area contributed by atoms with Crippen molar-refractivity contribution in [3.05, 3.63) is 113 Å². The molecule has 2 unspecified atom stereocenters. The van der Waals surface area contributed by atoms with Crippen LogP contribution in [-0.4, -0.2) is 59.0 Å². The molecule has 1 aromatic heterocycles. The van der Waals surface area contributed by atoms with Crippen LogP contribution in [-0.2, 0) is 22.3 Å². The average Bonchev–Trinajstić information content (AvgIpc) is 3.43. The number of alkyl halides is 3. The van der Waals surface area contributed by atoms with Crippen LogP contribution in [0.5, 0.6) is 0 Å². The summed E-state index contributed by atoms with van der Waals surface area (Å²) in [5.41, 5.74) is 0.239. The SMILES string of the molecule is CCN1C(=O)C(NC(=O)c2cccc(C(F)(F)F)c2)C(c2ccc(F)cc2)c2c(CNCCNC(=O)OC(C)(C)C)nn(-c3ccccc3)c21. The fourth-order valence-corrected chi connectivity index (χ4v) is 5.82. The number of carbonyl (C=O) groups is 3. The largest absolute Gasteiger partial charge is 0.444 e. The van der Waals surface area contributed by atoms with Gasteiger partial charge in [-0.25, -0.2) is 13.9 Å². The number of aromatic nitrogens is 2. The highest BCUT2D eigenvalue weighted by Crippen LogP contribution is 2.43. The van der Waals surface area contributed by atoms with Gasteiger partial charge in [0.05, 0.1) is 16.9 Å². The molecule has 2 atom stereocenters. The first-order valence-electron chi connectivity index (χ1n) is 16.1. The number of ether oxygens (including phenoxy) is 1. The Hall–Kier alpha value is -5.24. The van der Waals surface area contributed by atoms with Crippen LogP contribution in [0.15, 0.2) is 78.9 Å². The van der Waals surface area contributed by atoms with Crippen LogP contribution < -0.4 is 20.9 Å². The number of hydrogen-bond donors (Lipinski definition) is 3. The molecule has 0 fully saturated rings. The number of anilines is 1. The van der Waals surface area contributed by atoms with Crippen molar-refractivity contribution >= 4 is 23.7 Å². The lowest BCUT2D eigenvalue weighted by molar-refractivity contribution is -0.137. The van der Waals surface area contributed by atoms with E-state index in [-0.39, 0.29) is 25.2 Å². The number of fused-ring (bicyclic) bond motifs is 1. The van der Waals surface area contributed by atoms with Crippen molar-refractivity contribution in [2.75, 3.05) is 24.5 Å². The van der Waals surface area contributed by atoms with Gasteiger partial charge in [0.25, 0.3) is 11.8 Å². The number of amides is 3. The smallest absolute Gasteiger partial charge is 0.416 e. The third-order valence-corrected chi connectivity index (χ3v) is 7.95. The summed E-state index contributed by atoms with van der Waals surface area (Å²) in [6.07, 6.45) is -5.25. The lowest BCUT2D eigenvalue weighted by Gasteiger charge is -2.38. The summed E-state index contributed by atoms with van der Waals surface area (Å²) in [5, 5.41) is 13.6. The number of nitrogens with one attached hydrogen (secondary N) is 3. The molecule has 3 aromatic carbocycles. The molecule has 0 bridgehead atoms. The predicted octanol–water partition coefficient (Wildman–Crippen LogP) is 5.94. The Morgan fingerprint density at radius 3 is 2.28 bits per heavy atom. The Balaban J connectivity index is 1.56. The number of likely N-dealkylation sites (N-methyl/N-ethyl adjacent to an activating group) is 1. The molecule has 3 N–H and O–H groups in total. The standard InChI is InChI=1S/C36H38F4N6O4/c1-5-45-32-29(27(44-46(32)26-12-7-6-8-13-26)21-41-18-19-42-34(49)50-35(2,3)4)28(22-14-16-25(37)17-15-22)30(33(45)48)43-31(47)23-10-9-11-24(20-23)36(38,39)40/h6-17,20,28,30,41H,5,18-19,21H2,1-4H3,(H,42,49)(H,43,47). The number of rotatable bonds is 10. The predicted molar refractivity (Wildman–Crippen MR) is 178 cm³/mol. The van der Waals surface area contributed by atoms with E-state index in [1.54, 1.807) is 32.4 Å². The zero-order valence-corrected chi connectivity index (χ0v) is 28.0. The second-order valence-corrected chi connectivity index (χ2v) is 12.7. The van der Waals surface area contributed by atoms with Gasteiger partial charge in [0.2, 0.25) is 0 Å². The molecule has 0 spiro atoms. The fourth-order valence-electron chi connectivity index (χ4n) is 5.82. The molecule has 5 rings (SSSR count). The first kappa shape index (κ1) is 36.1. The van der Waals surface area contributed by atoms with Gasteiger partial charge in [0, 0.05) is 43.2 Å². The van der Waals surface area contributed by atoms with Crippen molar-refractivity contribution in [2.45, 2.75) is 58.0 Å². The number of benzene rings is 3. The van der Waals surface area contributed by atoms with Gasteiger partial charge in [-0.1, -0.05) is 36.4 Å². The van der Waals surface area contributed by atoms with Crippen molar-refractivity contribution in [1.82, 2.24) is 25.7 Å². The van der Waals surface area contributed by atoms with Crippen LogP contribution in [0.2, 0.25) is 0 Å². The van der Waals surface area contributed by atoms with Crippen LogP contribution in [0.25, 0.3) is 5.69 Å². The molecule has 1 aliphatic rings. The summed E-state index contributed by atoms with van der Waals surface area (Å²) >= 11 is 0. The maximum Gasteiger partial charge on any atom is 0.416 e. The van der Waals surface area contributed by atoms with E-state index < -0.39 is 53.0 Å². The minimum absolute atomic E-state index is 0.163. The van der Waals surface area contributed by atoms with Gasteiger partial charge in [0.15, 0.2) is 0 Å². The van der Waals surface area contributed by atoms with Crippen molar-refractivity contribution in [2.24, 2.45) is 0 Å². The topological polar surface area (TPSA) is 118 Å². The highest BCUT2D eigenvalue weighted by atomic mass is 19.4. The summed E-state index contributed by atoms with van der Waals surface area (Å²) in [4.78, 5) is 41.6. The quantitative estimate of drug-likeness (QED) is 0.140. The Bertz CT molecular complexity index is 1840. The van der Waals surface area contributed by atoms with Gasteiger partial charge in [-0.15, -0.1) is 0 Å². The second kappa shape index (κ2) is 14.7. The number of carbonyl (C=O) groups excluding carboxylic acids is 3. The summed E-state index contributed by atoms with van der Waals surface area (Å²) < 4.78 is 61.6. The monoisotopic (exact) mass is 694 g/mol. The van der Waals surface area contributed by atoms with E-state index >= 15 is 0 Å². The van der Waals surface area contributed by atoms with Gasteiger partial charge < -0.3 is 20.7 Å². The van der Waals surface area contributed by atoms with E-state index in [9.17, 15) is 31.9 Å². The van der Waals surface area contributed by atoms with Gasteiger partial charge in [-0.2, -0.15) is 18.3 Å². The highest BCUT2D eigenvalue weighted by Gasteiger charge is 2.46. The van der Waals surface area contributed by atoms with E-state index in [0.29, 0.717) is 34.9 Å². The third kappa shape index (κ3) is 8.13. The summed E-state index contributed by atoms with van der Waals surface area (Å²) in [7, 11) is 0. The van der Waals surface area contributed by atoms with Crippen molar-refractivity contribution in [3.63, 3.8) is 0 Å². The molecule has 50 heavy (non-hydrogen) atoms. The number of hydrogen-bond acceptors (Lipinski definition) is 6. The number of nitrogens with zero attached hydrogens (tertiary/aromatic N) is 3. The molecule has 264 valence electrons. The lowest BCUT2D eigenvalue weighted by Crippen LogP contribution is -2.55. The minimum atomic E-state index is -4.68. The highest BCUT2D eigenvalue weighted by molar-refractivity contribution is 6.05. The summed E-state index contributed by atoms with van der Waals surface area (Å²) in [6, 6.07) is 17.2. The number of para-hydroxylation sites is 1. The maximum absolute atomic E-state index is 14.4. The molecule has 14 heteroatoms. The maximum atomic E-state index is 14.4. The Morgan fingerprint density at radius 1 is 0.940 bits per heavy atom. The van der Waals surface area contributed by atoms with Crippen LogP contribution >= 0.6 is 0 Å². The molecule has 0 radical (unpaired) electrons. The zero-order valence-electron chi connectivity index (χ0n) is 28.0. The average molecular weight is 695 g/mol. The normalized spacial score (nSPS) is 16.2. The van der Waals surface area contributed by atoms with Crippen LogP contribution in [0.1, 0.15) is 66.4 Å². The number of halogens is 4. The van der Waals surface area contributed by atoms with Crippen molar-refractivity contribution < 1.29 is 36.7 Å². The van der Waals surface area contributed by atoms with E-state index in [2.05, 4.69) is 16.0 Å². The van der Waals surface area contributed by atoms with E-state index in [1.165, 1.54) is 35.2 Å². The van der Waals surface area contributed by atoms with E-state index in [0.717, 1.165) is 18.2 Å². The Kier molecular flexibility index (Phi) is 10.6. The van der Waals surface area contributed by atoms with Crippen molar-refractivity contribution in [1.29, 1.82) is 0 Å². The molecule has 0 saturated heterocycles. The molecule has 2 heterocycles. The van der Waals surface area contributed by atoms with E-state index in [4.69, 9.17) is 9.84 Å². The van der Waals surface area contributed by atoms with Gasteiger partial charge in [0.1, 0.15) is 23.3 Å². The lowest BCUT2D eigenvalue weighted by atomic mass is 9.80. The first-order valence-corrected chi connectivity index (χ1v) is 16.1. The molecular weight excluding hydrogens is 656 g/mol. The minimum Gasteiger partial charge on any atom is -0.444 e.